The van der Waals surface area contributed by atoms with E-state index in [0.29, 0.717) is 11.4 Å². The highest BCUT2D eigenvalue weighted by Crippen LogP contribution is 2.53. The Morgan fingerprint density at radius 1 is 0.939 bits per heavy atom. The zero-order chi connectivity index (χ0) is 23.1. The molecule has 2 aliphatic carbocycles. The minimum Gasteiger partial charge on any atom is -0.452 e. The molecule has 2 bridgehead atoms. The van der Waals surface area contributed by atoms with E-state index in [4.69, 9.17) is 4.74 Å². The van der Waals surface area contributed by atoms with Crippen molar-refractivity contribution in [3.05, 3.63) is 71.8 Å². The molecule has 0 radical (unpaired) electrons. The third-order valence-electron chi connectivity index (χ3n) is 6.81. The summed E-state index contributed by atoms with van der Waals surface area (Å²) in [6.45, 7) is 1.63. The number of carbonyl (C=O) groups is 4. The first kappa shape index (κ1) is 21.1. The zero-order valence-electron chi connectivity index (χ0n) is 18.2. The van der Waals surface area contributed by atoms with Crippen LogP contribution in [0.2, 0.25) is 0 Å². The second kappa shape index (κ2) is 8.31. The Hall–Kier alpha value is -3.74. The lowest BCUT2D eigenvalue weighted by Gasteiger charge is -2.17. The van der Waals surface area contributed by atoms with Crippen molar-refractivity contribution in [1.82, 2.24) is 0 Å². The van der Waals surface area contributed by atoms with Crippen molar-refractivity contribution >= 4 is 35.1 Å². The van der Waals surface area contributed by atoms with Crippen LogP contribution in [0.3, 0.4) is 0 Å². The molecule has 2 aromatic rings. The van der Waals surface area contributed by atoms with E-state index in [9.17, 15) is 19.2 Å². The maximum atomic E-state index is 12.9. The maximum Gasteiger partial charge on any atom is 0.338 e. The lowest BCUT2D eigenvalue weighted by atomic mass is 9.85. The Morgan fingerprint density at radius 2 is 1.55 bits per heavy atom. The van der Waals surface area contributed by atoms with E-state index in [0.717, 1.165) is 18.4 Å². The monoisotopic (exact) mass is 444 g/mol. The molecule has 33 heavy (non-hydrogen) atoms. The van der Waals surface area contributed by atoms with Gasteiger partial charge in [-0.2, -0.15) is 0 Å². The SMILES string of the molecule is CCc1ccc(NC(=O)COC(=O)c2ccc(N3C(=O)[C@H]4[C@H](C3=O)[C@H]3C=C[C@H]4C3)cc2)cc1. The fourth-order valence-electron chi connectivity index (χ4n) is 5.14. The highest BCUT2D eigenvalue weighted by Gasteiger charge is 2.59. The van der Waals surface area contributed by atoms with Crippen LogP contribution >= 0.6 is 0 Å². The average Bonchev–Trinajstić information content (AvgIpc) is 3.52. The highest BCUT2D eigenvalue weighted by molar-refractivity contribution is 6.22. The Kier molecular flexibility index (Phi) is 5.32. The van der Waals surface area contributed by atoms with Gasteiger partial charge in [0.1, 0.15) is 0 Å². The summed E-state index contributed by atoms with van der Waals surface area (Å²) < 4.78 is 5.10. The summed E-state index contributed by atoms with van der Waals surface area (Å²) >= 11 is 0. The van der Waals surface area contributed by atoms with Gasteiger partial charge in [-0.15, -0.1) is 0 Å². The number of nitrogens with zero attached hydrogens (tertiary/aromatic N) is 1. The largest absolute Gasteiger partial charge is 0.452 e. The summed E-state index contributed by atoms with van der Waals surface area (Å²) in [4.78, 5) is 51.5. The van der Waals surface area contributed by atoms with E-state index in [2.05, 4.69) is 17.5 Å². The van der Waals surface area contributed by atoms with Crippen molar-refractivity contribution in [2.24, 2.45) is 23.7 Å². The molecule has 1 saturated carbocycles. The number of hydrogen-bond donors (Lipinski definition) is 1. The quantitative estimate of drug-likeness (QED) is 0.419. The van der Waals surface area contributed by atoms with E-state index in [-0.39, 0.29) is 41.0 Å². The first-order valence-corrected chi connectivity index (χ1v) is 11.2. The van der Waals surface area contributed by atoms with E-state index < -0.39 is 18.5 Å². The van der Waals surface area contributed by atoms with E-state index in [1.165, 1.54) is 17.0 Å². The average molecular weight is 444 g/mol. The molecule has 2 fully saturated rings. The number of imide groups is 1. The van der Waals surface area contributed by atoms with Gasteiger partial charge in [-0.3, -0.25) is 19.3 Å². The van der Waals surface area contributed by atoms with E-state index >= 15 is 0 Å². The van der Waals surface area contributed by atoms with Crippen molar-refractivity contribution in [3.63, 3.8) is 0 Å². The molecule has 1 aliphatic heterocycles. The lowest BCUT2D eigenvalue weighted by molar-refractivity contribution is -0.123. The predicted molar refractivity (Wildman–Crippen MR) is 121 cm³/mol. The molecule has 1 N–H and O–H groups in total. The number of fused-ring (bicyclic) bond motifs is 5. The number of carbonyl (C=O) groups excluding carboxylic acids is 4. The second-order valence-electron chi connectivity index (χ2n) is 8.73. The van der Waals surface area contributed by atoms with Crippen LogP contribution in [0.4, 0.5) is 11.4 Å². The molecule has 5 rings (SSSR count). The molecule has 3 aliphatic rings. The van der Waals surface area contributed by atoms with Crippen LogP contribution in [0.25, 0.3) is 0 Å². The number of allylic oxidation sites excluding steroid dienone is 2. The molecule has 7 heteroatoms. The van der Waals surface area contributed by atoms with Gasteiger partial charge in [0.25, 0.3) is 5.91 Å². The van der Waals surface area contributed by atoms with Gasteiger partial charge in [-0.25, -0.2) is 4.79 Å². The van der Waals surface area contributed by atoms with Gasteiger partial charge in [0.15, 0.2) is 6.61 Å². The molecule has 2 aromatic carbocycles. The number of anilines is 2. The first-order chi connectivity index (χ1) is 16.0. The highest BCUT2D eigenvalue weighted by atomic mass is 16.5. The molecule has 1 saturated heterocycles. The standard InChI is InChI=1S/C26H24N2O5/c1-2-15-3-9-19(10-4-15)27-21(29)14-33-26(32)16-7-11-20(12-8-16)28-24(30)22-17-5-6-18(13-17)23(22)25(28)31/h3-12,17-18,22-23H,2,13-14H2,1H3,(H,27,29)/t17-,18-,22+,23+/m0/s1. The Labute approximate surface area is 191 Å². The number of benzene rings is 2. The Balaban J connectivity index is 1.18. The summed E-state index contributed by atoms with van der Waals surface area (Å²) in [6, 6.07) is 13.6. The van der Waals surface area contributed by atoms with Crippen molar-refractivity contribution in [3.8, 4) is 0 Å². The van der Waals surface area contributed by atoms with Crippen LogP contribution in [0.1, 0.15) is 29.3 Å². The van der Waals surface area contributed by atoms with Gasteiger partial charge in [-0.1, -0.05) is 31.2 Å². The van der Waals surface area contributed by atoms with Crippen LogP contribution in [-0.2, 0) is 25.5 Å². The third kappa shape index (κ3) is 3.73. The number of ether oxygens (including phenoxy) is 1. The fourth-order valence-corrected chi connectivity index (χ4v) is 5.14. The lowest BCUT2D eigenvalue weighted by Crippen LogP contribution is -2.32. The predicted octanol–water partition coefficient (Wildman–Crippen LogP) is 3.36. The molecule has 0 spiro atoms. The molecule has 1 heterocycles. The minimum absolute atomic E-state index is 0.145. The third-order valence-corrected chi connectivity index (χ3v) is 6.81. The second-order valence-corrected chi connectivity index (χ2v) is 8.73. The first-order valence-electron chi connectivity index (χ1n) is 11.2. The van der Waals surface area contributed by atoms with Crippen molar-refractivity contribution < 1.29 is 23.9 Å². The van der Waals surface area contributed by atoms with Crippen LogP contribution in [0.5, 0.6) is 0 Å². The van der Waals surface area contributed by atoms with Crippen molar-refractivity contribution in [1.29, 1.82) is 0 Å². The molecule has 168 valence electrons. The molecule has 0 unspecified atom stereocenters. The minimum atomic E-state index is -0.656. The van der Waals surface area contributed by atoms with Crippen LogP contribution in [0, 0.1) is 23.7 Å². The van der Waals surface area contributed by atoms with Crippen molar-refractivity contribution in [2.45, 2.75) is 19.8 Å². The summed E-state index contributed by atoms with van der Waals surface area (Å²) in [5, 5.41) is 2.68. The van der Waals surface area contributed by atoms with Crippen LogP contribution in [-0.4, -0.2) is 30.3 Å². The van der Waals surface area contributed by atoms with Gasteiger partial charge in [0.05, 0.1) is 23.1 Å². The summed E-state index contributed by atoms with van der Waals surface area (Å²) in [5.41, 5.74) is 2.47. The van der Waals surface area contributed by atoms with E-state index in [1.54, 1.807) is 24.3 Å². The van der Waals surface area contributed by atoms with Gasteiger partial charge < -0.3 is 10.1 Å². The number of esters is 1. The number of rotatable bonds is 6. The molecular formula is C26H24N2O5. The number of nitrogens with one attached hydrogen (secondary N) is 1. The van der Waals surface area contributed by atoms with Gasteiger partial charge >= 0.3 is 5.97 Å². The smallest absolute Gasteiger partial charge is 0.338 e. The normalized spacial score (nSPS) is 24.8. The van der Waals surface area contributed by atoms with E-state index in [1.807, 2.05) is 19.1 Å². The molecule has 0 aromatic heterocycles. The van der Waals surface area contributed by atoms with Crippen molar-refractivity contribution in [2.75, 3.05) is 16.8 Å². The summed E-state index contributed by atoms with van der Waals surface area (Å²) in [5.74, 6) is -1.68. The molecule has 4 atom stereocenters. The van der Waals surface area contributed by atoms with Gasteiger partial charge in [-0.05, 0) is 66.6 Å². The Bertz CT molecular complexity index is 1120. The maximum absolute atomic E-state index is 12.9. The fraction of sp³-hybridized carbons (Fsp3) is 0.308. The number of hydrogen-bond acceptors (Lipinski definition) is 5. The van der Waals surface area contributed by atoms with Crippen LogP contribution < -0.4 is 10.2 Å². The molecular weight excluding hydrogens is 420 g/mol. The van der Waals surface area contributed by atoms with Gasteiger partial charge in [0, 0.05) is 5.69 Å². The summed E-state index contributed by atoms with van der Waals surface area (Å²) in [7, 11) is 0. The Morgan fingerprint density at radius 3 is 2.12 bits per heavy atom. The number of aryl methyl sites for hydroxylation is 1. The topological polar surface area (TPSA) is 92.8 Å². The zero-order valence-corrected chi connectivity index (χ0v) is 18.2. The van der Waals surface area contributed by atoms with Crippen LogP contribution in [0.15, 0.2) is 60.7 Å². The van der Waals surface area contributed by atoms with Gasteiger partial charge in [0.2, 0.25) is 11.8 Å². The molecule has 3 amide bonds. The summed E-state index contributed by atoms with van der Waals surface area (Å²) in [6.07, 6.45) is 5.89. The number of amides is 3. The molecule has 7 nitrogen and oxygen atoms in total.